The van der Waals surface area contributed by atoms with Crippen LogP contribution in [0, 0.1) is 0 Å². The van der Waals surface area contributed by atoms with Gasteiger partial charge in [-0.3, -0.25) is 5.32 Å². The third kappa shape index (κ3) is 3.09. The summed E-state index contributed by atoms with van der Waals surface area (Å²) < 4.78 is 0. The van der Waals surface area contributed by atoms with Crippen molar-refractivity contribution in [2.45, 2.75) is 57.3 Å². The Bertz CT molecular complexity index is 128. The van der Waals surface area contributed by atoms with Gasteiger partial charge in [0, 0.05) is 6.04 Å². The molecule has 1 rings (SSSR count). The zero-order valence-electron chi connectivity index (χ0n) is 7.97. The fourth-order valence-corrected chi connectivity index (χ4v) is 1.73. The molecule has 0 aromatic rings. The lowest BCUT2D eigenvalue weighted by molar-refractivity contribution is 0.250. The molecule has 1 aliphatic rings. The van der Waals surface area contributed by atoms with Gasteiger partial charge in [-0.15, -0.1) is 0 Å². The van der Waals surface area contributed by atoms with E-state index in [1.165, 1.54) is 32.1 Å². The smallest absolute Gasteiger partial charge is 0.118 e. The van der Waals surface area contributed by atoms with E-state index in [0.717, 1.165) is 6.42 Å². The van der Waals surface area contributed by atoms with Gasteiger partial charge >= 0.3 is 0 Å². The van der Waals surface area contributed by atoms with Crippen molar-refractivity contribution in [3.63, 3.8) is 0 Å². The standard InChI is InChI=1S/C9H21N3/c1-2-9(10,11)12-8-6-4-3-5-7-8/h8,12H,2-7,10-11H2,1H3. The lowest BCUT2D eigenvalue weighted by Gasteiger charge is -2.32. The molecule has 0 unspecified atom stereocenters. The highest BCUT2D eigenvalue weighted by Crippen LogP contribution is 2.18. The Morgan fingerprint density at radius 2 is 1.83 bits per heavy atom. The van der Waals surface area contributed by atoms with E-state index in [9.17, 15) is 0 Å². The summed E-state index contributed by atoms with van der Waals surface area (Å²) in [4.78, 5) is 0. The summed E-state index contributed by atoms with van der Waals surface area (Å²) in [7, 11) is 0. The maximum atomic E-state index is 5.81. The summed E-state index contributed by atoms with van der Waals surface area (Å²) in [5.41, 5.74) is 11.6. The highest BCUT2D eigenvalue weighted by atomic mass is 15.2. The fraction of sp³-hybridized carbons (Fsp3) is 1.00. The molecule has 0 aromatic heterocycles. The molecule has 0 aromatic carbocycles. The van der Waals surface area contributed by atoms with E-state index < -0.39 is 5.79 Å². The first-order valence-corrected chi connectivity index (χ1v) is 4.99. The van der Waals surface area contributed by atoms with Crippen LogP contribution in [0.3, 0.4) is 0 Å². The van der Waals surface area contributed by atoms with E-state index in [-0.39, 0.29) is 0 Å². The highest BCUT2D eigenvalue weighted by Gasteiger charge is 2.22. The van der Waals surface area contributed by atoms with Crippen molar-refractivity contribution in [1.29, 1.82) is 0 Å². The first-order chi connectivity index (χ1) is 5.64. The van der Waals surface area contributed by atoms with Gasteiger partial charge in [-0.1, -0.05) is 26.2 Å². The van der Waals surface area contributed by atoms with Crippen LogP contribution >= 0.6 is 0 Å². The number of hydrogen-bond donors (Lipinski definition) is 3. The average molecular weight is 171 g/mol. The summed E-state index contributed by atoms with van der Waals surface area (Å²) in [5.74, 6) is -0.651. The normalized spacial score (nSPS) is 21.2. The van der Waals surface area contributed by atoms with Gasteiger partial charge in [0.05, 0.1) is 0 Å². The molecule has 1 aliphatic carbocycles. The van der Waals surface area contributed by atoms with Crippen LogP contribution < -0.4 is 16.8 Å². The third-order valence-corrected chi connectivity index (χ3v) is 2.66. The fourth-order valence-electron chi connectivity index (χ4n) is 1.73. The number of nitrogens with two attached hydrogens (primary N) is 2. The largest absolute Gasteiger partial charge is 0.301 e. The van der Waals surface area contributed by atoms with E-state index in [2.05, 4.69) is 5.32 Å². The van der Waals surface area contributed by atoms with Crippen molar-refractivity contribution in [3.8, 4) is 0 Å². The number of rotatable bonds is 3. The van der Waals surface area contributed by atoms with Crippen molar-refractivity contribution in [2.24, 2.45) is 11.5 Å². The lowest BCUT2D eigenvalue weighted by atomic mass is 9.95. The Balaban J connectivity index is 2.28. The SMILES string of the molecule is CCC(N)(N)NC1CCCCC1. The molecule has 1 saturated carbocycles. The predicted octanol–water partition coefficient (Wildman–Crippen LogP) is 0.890. The van der Waals surface area contributed by atoms with Gasteiger partial charge in [0.15, 0.2) is 0 Å². The van der Waals surface area contributed by atoms with Crippen LogP contribution in [0.25, 0.3) is 0 Å². The number of hydrogen-bond acceptors (Lipinski definition) is 3. The molecule has 3 nitrogen and oxygen atoms in total. The maximum absolute atomic E-state index is 5.81. The van der Waals surface area contributed by atoms with E-state index in [0.29, 0.717) is 6.04 Å². The van der Waals surface area contributed by atoms with Gasteiger partial charge in [0.1, 0.15) is 5.79 Å². The Hall–Kier alpha value is -0.120. The Morgan fingerprint density at radius 3 is 2.33 bits per heavy atom. The zero-order chi connectivity index (χ0) is 9.03. The molecule has 0 bridgehead atoms. The van der Waals surface area contributed by atoms with Gasteiger partial charge in [-0.25, -0.2) is 0 Å². The van der Waals surface area contributed by atoms with Crippen LogP contribution in [0.1, 0.15) is 45.4 Å². The van der Waals surface area contributed by atoms with Crippen molar-refractivity contribution in [1.82, 2.24) is 5.32 Å². The molecule has 12 heavy (non-hydrogen) atoms. The van der Waals surface area contributed by atoms with Gasteiger partial charge in [-0.05, 0) is 19.3 Å². The van der Waals surface area contributed by atoms with Crippen molar-refractivity contribution < 1.29 is 0 Å². The molecule has 72 valence electrons. The first kappa shape index (κ1) is 9.96. The molecule has 0 heterocycles. The minimum absolute atomic E-state index is 0.550. The monoisotopic (exact) mass is 171 g/mol. The van der Waals surface area contributed by atoms with Crippen molar-refractivity contribution in [2.75, 3.05) is 0 Å². The zero-order valence-corrected chi connectivity index (χ0v) is 7.97. The van der Waals surface area contributed by atoms with E-state index in [1.807, 2.05) is 6.92 Å². The van der Waals surface area contributed by atoms with Crippen LogP contribution in [0.5, 0.6) is 0 Å². The van der Waals surface area contributed by atoms with Crippen molar-refractivity contribution in [3.05, 3.63) is 0 Å². The average Bonchev–Trinajstić information content (AvgIpc) is 2.06. The van der Waals surface area contributed by atoms with E-state index in [4.69, 9.17) is 11.5 Å². The second-order valence-electron chi connectivity index (χ2n) is 3.87. The summed E-state index contributed by atoms with van der Waals surface area (Å²) in [6, 6.07) is 0.550. The molecule has 3 heteroatoms. The van der Waals surface area contributed by atoms with Gasteiger partial charge in [-0.2, -0.15) is 0 Å². The van der Waals surface area contributed by atoms with E-state index >= 15 is 0 Å². The second kappa shape index (κ2) is 4.21. The first-order valence-electron chi connectivity index (χ1n) is 4.99. The minimum Gasteiger partial charge on any atom is -0.301 e. The van der Waals surface area contributed by atoms with Crippen LogP contribution in [0.2, 0.25) is 0 Å². The van der Waals surface area contributed by atoms with Crippen LogP contribution in [0.15, 0.2) is 0 Å². The topological polar surface area (TPSA) is 64.1 Å². The van der Waals surface area contributed by atoms with Gasteiger partial charge in [0.2, 0.25) is 0 Å². The molecule has 0 atom stereocenters. The molecule has 0 aliphatic heterocycles. The summed E-state index contributed by atoms with van der Waals surface area (Å²) in [6.07, 6.45) is 7.25. The Morgan fingerprint density at radius 1 is 1.25 bits per heavy atom. The maximum Gasteiger partial charge on any atom is 0.118 e. The Kier molecular flexibility index (Phi) is 3.50. The number of nitrogens with one attached hydrogen (secondary N) is 1. The molecule has 0 spiro atoms. The molecule has 0 saturated heterocycles. The third-order valence-electron chi connectivity index (χ3n) is 2.66. The minimum atomic E-state index is -0.651. The van der Waals surface area contributed by atoms with Crippen molar-refractivity contribution >= 4 is 0 Å². The van der Waals surface area contributed by atoms with Crippen LogP contribution in [0.4, 0.5) is 0 Å². The molecular weight excluding hydrogens is 150 g/mol. The lowest BCUT2D eigenvalue weighted by Crippen LogP contribution is -2.63. The molecule has 0 amide bonds. The predicted molar refractivity (Wildman–Crippen MR) is 51.4 cm³/mol. The van der Waals surface area contributed by atoms with Crippen LogP contribution in [-0.4, -0.2) is 11.8 Å². The highest BCUT2D eigenvalue weighted by molar-refractivity contribution is 4.80. The second-order valence-corrected chi connectivity index (χ2v) is 3.87. The summed E-state index contributed by atoms with van der Waals surface area (Å²) in [6.45, 7) is 2.01. The summed E-state index contributed by atoms with van der Waals surface area (Å²) >= 11 is 0. The van der Waals surface area contributed by atoms with E-state index in [1.54, 1.807) is 0 Å². The quantitative estimate of drug-likeness (QED) is 0.553. The van der Waals surface area contributed by atoms with Gasteiger partial charge in [0.25, 0.3) is 0 Å². The molecular formula is C9H21N3. The van der Waals surface area contributed by atoms with Gasteiger partial charge < -0.3 is 11.5 Å². The molecule has 0 radical (unpaired) electrons. The Labute approximate surface area is 74.9 Å². The molecule has 5 N–H and O–H groups in total. The van der Waals surface area contributed by atoms with Crippen LogP contribution in [-0.2, 0) is 0 Å². The summed E-state index contributed by atoms with van der Waals surface area (Å²) in [5, 5.41) is 3.30. The molecule has 1 fully saturated rings.